The molecule has 148 valence electrons. The monoisotopic (exact) mass is 404 g/mol. The number of ketones is 1. The SMILES string of the molecule is CSc1ccc(-c2cncc(N3CCN(c4ccc(C(C)=O)cc4)CC3)n2)cc1. The van der Waals surface area contributed by atoms with Crippen molar-refractivity contribution in [2.24, 2.45) is 0 Å². The zero-order chi connectivity index (χ0) is 20.2. The van der Waals surface area contributed by atoms with Gasteiger partial charge in [0, 0.05) is 47.9 Å². The summed E-state index contributed by atoms with van der Waals surface area (Å²) in [7, 11) is 0. The van der Waals surface area contributed by atoms with E-state index in [0.29, 0.717) is 0 Å². The fourth-order valence-electron chi connectivity index (χ4n) is 3.51. The molecule has 1 fully saturated rings. The molecule has 0 amide bonds. The number of rotatable bonds is 5. The molecule has 29 heavy (non-hydrogen) atoms. The van der Waals surface area contributed by atoms with E-state index in [1.807, 2.05) is 36.7 Å². The fourth-order valence-corrected chi connectivity index (χ4v) is 3.92. The van der Waals surface area contributed by atoms with Crippen LogP contribution in [0.25, 0.3) is 11.3 Å². The number of thioether (sulfide) groups is 1. The van der Waals surface area contributed by atoms with Crippen LogP contribution in [0.15, 0.2) is 65.8 Å². The van der Waals surface area contributed by atoms with Gasteiger partial charge in [-0.2, -0.15) is 0 Å². The van der Waals surface area contributed by atoms with Gasteiger partial charge in [0.15, 0.2) is 5.78 Å². The highest BCUT2D eigenvalue weighted by molar-refractivity contribution is 7.98. The summed E-state index contributed by atoms with van der Waals surface area (Å²) < 4.78 is 0. The Labute approximate surface area is 175 Å². The van der Waals surface area contributed by atoms with Crippen LogP contribution in [0, 0.1) is 0 Å². The third-order valence-corrected chi connectivity index (χ3v) is 5.99. The number of nitrogens with zero attached hydrogens (tertiary/aromatic N) is 4. The average Bonchev–Trinajstić information content (AvgIpc) is 2.79. The Morgan fingerprint density at radius 1 is 0.897 bits per heavy atom. The first-order chi connectivity index (χ1) is 14.1. The lowest BCUT2D eigenvalue weighted by Gasteiger charge is -2.36. The summed E-state index contributed by atoms with van der Waals surface area (Å²) in [6.07, 6.45) is 5.74. The molecule has 1 aliphatic heterocycles. The smallest absolute Gasteiger partial charge is 0.159 e. The molecule has 0 spiro atoms. The second-order valence-electron chi connectivity index (χ2n) is 7.07. The van der Waals surface area contributed by atoms with Crippen molar-refractivity contribution in [2.45, 2.75) is 11.8 Å². The zero-order valence-electron chi connectivity index (χ0n) is 16.7. The molecule has 0 aliphatic carbocycles. The van der Waals surface area contributed by atoms with Crippen molar-refractivity contribution >= 4 is 29.1 Å². The van der Waals surface area contributed by atoms with Crippen LogP contribution in [0.3, 0.4) is 0 Å². The van der Waals surface area contributed by atoms with E-state index in [4.69, 9.17) is 4.98 Å². The molecule has 0 saturated carbocycles. The quantitative estimate of drug-likeness (QED) is 0.464. The lowest BCUT2D eigenvalue weighted by molar-refractivity contribution is 0.101. The Morgan fingerprint density at radius 3 is 2.17 bits per heavy atom. The van der Waals surface area contributed by atoms with Crippen molar-refractivity contribution in [3.63, 3.8) is 0 Å². The van der Waals surface area contributed by atoms with Gasteiger partial charge in [0.25, 0.3) is 0 Å². The standard InChI is InChI=1S/C23H24N4OS/c1-17(28)18-3-7-20(8-4-18)26-11-13-27(14-12-26)23-16-24-15-22(25-23)19-5-9-21(29-2)10-6-19/h3-10,15-16H,11-14H2,1-2H3. The molecular weight excluding hydrogens is 380 g/mol. The lowest BCUT2D eigenvalue weighted by Crippen LogP contribution is -2.46. The fraction of sp³-hybridized carbons (Fsp3) is 0.261. The van der Waals surface area contributed by atoms with E-state index in [1.54, 1.807) is 18.7 Å². The maximum Gasteiger partial charge on any atom is 0.159 e. The first-order valence-corrected chi connectivity index (χ1v) is 10.9. The Hall–Kier alpha value is -2.86. The minimum absolute atomic E-state index is 0.0999. The average molecular weight is 405 g/mol. The van der Waals surface area contributed by atoms with Crippen LogP contribution in [0.5, 0.6) is 0 Å². The van der Waals surface area contributed by atoms with Gasteiger partial charge in [0.1, 0.15) is 5.82 Å². The normalized spacial score (nSPS) is 14.1. The van der Waals surface area contributed by atoms with E-state index in [-0.39, 0.29) is 5.78 Å². The van der Waals surface area contributed by atoms with Crippen LogP contribution < -0.4 is 9.80 Å². The summed E-state index contributed by atoms with van der Waals surface area (Å²) in [4.78, 5) is 26.6. The molecule has 2 aromatic carbocycles. The molecule has 0 radical (unpaired) electrons. The second kappa shape index (κ2) is 8.66. The predicted octanol–water partition coefficient (Wildman–Crippen LogP) is 4.39. The highest BCUT2D eigenvalue weighted by atomic mass is 32.2. The molecule has 0 atom stereocenters. The van der Waals surface area contributed by atoms with Gasteiger partial charge in [-0.25, -0.2) is 4.98 Å². The summed E-state index contributed by atoms with van der Waals surface area (Å²) in [5, 5.41) is 0. The summed E-state index contributed by atoms with van der Waals surface area (Å²) in [6.45, 7) is 5.19. The summed E-state index contributed by atoms with van der Waals surface area (Å²) in [5.74, 6) is 1.02. The van der Waals surface area contributed by atoms with E-state index in [0.717, 1.165) is 54.5 Å². The number of hydrogen-bond donors (Lipinski definition) is 0. The Kier molecular flexibility index (Phi) is 5.81. The van der Waals surface area contributed by atoms with Crippen LogP contribution >= 0.6 is 11.8 Å². The summed E-state index contributed by atoms with van der Waals surface area (Å²) >= 11 is 1.73. The molecule has 1 aliphatic rings. The van der Waals surface area contributed by atoms with Gasteiger partial charge >= 0.3 is 0 Å². The molecule has 0 N–H and O–H groups in total. The van der Waals surface area contributed by atoms with Gasteiger partial charge < -0.3 is 9.80 Å². The van der Waals surface area contributed by atoms with Gasteiger partial charge in [-0.3, -0.25) is 9.78 Å². The van der Waals surface area contributed by atoms with Crippen molar-refractivity contribution in [2.75, 3.05) is 42.2 Å². The number of hydrogen-bond acceptors (Lipinski definition) is 6. The minimum atomic E-state index is 0.0999. The molecule has 1 saturated heterocycles. The largest absolute Gasteiger partial charge is 0.368 e. The van der Waals surface area contributed by atoms with Gasteiger partial charge in [0.05, 0.1) is 18.1 Å². The molecular formula is C23H24N4OS. The van der Waals surface area contributed by atoms with E-state index in [2.05, 4.69) is 45.3 Å². The van der Waals surface area contributed by atoms with E-state index in [1.165, 1.54) is 4.90 Å². The molecule has 2 heterocycles. The van der Waals surface area contributed by atoms with Gasteiger partial charge in [0.2, 0.25) is 0 Å². The van der Waals surface area contributed by atoms with Crippen LogP contribution in [0.4, 0.5) is 11.5 Å². The Morgan fingerprint density at radius 2 is 1.55 bits per heavy atom. The number of Topliss-reactive ketones (excluding diaryl/α,β-unsaturated/α-hetero) is 1. The van der Waals surface area contributed by atoms with Crippen LogP contribution in [0.1, 0.15) is 17.3 Å². The van der Waals surface area contributed by atoms with E-state index >= 15 is 0 Å². The number of piperazine rings is 1. The summed E-state index contributed by atoms with van der Waals surface area (Å²) in [6, 6.07) is 16.3. The van der Waals surface area contributed by atoms with Crippen LogP contribution in [0.2, 0.25) is 0 Å². The van der Waals surface area contributed by atoms with Crippen LogP contribution in [-0.4, -0.2) is 48.2 Å². The topological polar surface area (TPSA) is 49.3 Å². The van der Waals surface area contributed by atoms with Gasteiger partial charge in [-0.15, -0.1) is 11.8 Å². The number of benzene rings is 2. The molecule has 1 aromatic heterocycles. The second-order valence-corrected chi connectivity index (χ2v) is 7.95. The maximum absolute atomic E-state index is 11.5. The first-order valence-electron chi connectivity index (χ1n) is 9.71. The third kappa shape index (κ3) is 4.43. The van der Waals surface area contributed by atoms with Gasteiger partial charge in [-0.05, 0) is 49.6 Å². The molecule has 5 nitrogen and oxygen atoms in total. The number of carbonyl (C=O) groups is 1. The van der Waals surface area contributed by atoms with Crippen LogP contribution in [-0.2, 0) is 0 Å². The van der Waals surface area contributed by atoms with Crippen molar-refractivity contribution in [1.82, 2.24) is 9.97 Å². The van der Waals surface area contributed by atoms with Crippen molar-refractivity contribution in [1.29, 1.82) is 0 Å². The Balaban J connectivity index is 1.43. The molecule has 6 heteroatoms. The Bertz CT molecular complexity index is 981. The lowest BCUT2D eigenvalue weighted by atomic mass is 10.1. The van der Waals surface area contributed by atoms with Crippen molar-refractivity contribution < 1.29 is 4.79 Å². The van der Waals surface area contributed by atoms with Crippen molar-refractivity contribution in [3.8, 4) is 11.3 Å². The summed E-state index contributed by atoms with van der Waals surface area (Å²) in [5.41, 5.74) is 3.90. The zero-order valence-corrected chi connectivity index (χ0v) is 17.5. The molecule has 0 bridgehead atoms. The first kappa shape index (κ1) is 19.5. The molecule has 0 unspecified atom stereocenters. The van der Waals surface area contributed by atoms with E-state index < -0.39 is 0 Å². The third-order valence-electron chi connectivity index (χ3n) is 5.25. The number of anilines is 2. The van der Waals surface area contributed by atoms with E-state index in [9.17, 15) is 4.79 Å². The minimum Gasteiger partial charge on any atom is -0.368 e. The number of carbonyl (C=O) groups excluding carboxylic acids is 1. The maximum atomic E-state index is 11.5. The molecule has 4 rings (SSSR count). The predicted molar refractivity (Wildman–Crippen MR) is 120 cm³/mol. The number of aromatic nitrogens is 2. The highest BCUT2D eigenvalue weighted by Crippen LogP contribution is 2.24. The molecule has 3 aromatic rings. The van der Waals surface area contributed by atoms with Crippen molar-refractivity contribution in [3.05, 3.63) is 66.5 Å². The highest BCUT2D eigenvalue weighted by Gasteiger charge is 2.19. The van der Waals surface area contributed by atoms with Gasteiger partial charge in [-0.1, -0.05) is 12.1 Å².